The van der Waals surface area contributed by atoms with E-state index in [1.54, 1.807) is 12.1 Å². The van der Waals surface area contributed by atoms with E-state index < -0.39 is 24.8 Å². The second-order valence-corrected chi connectivity index (χ2v) is 5.43. The Bertz CT molecular complexity index is 647. The van der Waals surface area contributed by atoms with Gasteiger partial charge in [-0.05, 0) is 29.7 Å². The van der Waals surface area contributed by atoms with Crippen molar-refractivity contribution in [2.24, 2.45) is 0 Å². The number of rotatable bonds is 8. The molecule has 2 aromatic carbocycles. The summed E-state index contributed by atoms with van der Waals surface area (Å²) in [4.78, 5) is 10.8. The Morgan fingerprint density at radius 2 is 1.79 bits per heavy atom. The van der Waals surface area contributed by atoms with Gasteiger partial charge in [-0.1, -0.05) is 42.5 Å². The summed E-state index contributed by atoms with van der Waals surface area (Å²) in [5.74, 6) is 0.656. The standard InChI is InChI=1S/C18H21NO5/c20-11-17(21)16(19-18(22)23)10-14-7-4-8-15(9-14)24-12-13-5-2-1-3-6-13/h1-9,16-17,19-21H,10-12H2,(H,22,23). The van der Waals surface area contributed by atoms with Crippen molar-refractivity contribution in [3.8, 4) is 5.75 Å². The molecule has 2 unspecified atom stereocenters. The second-order valence-electron chi connectivity index (χ2n) is 5.43. The molecule has 2 aromatic rings. The van der Waals surface area contributed by atoms with Crippen LogP contribution in [0, 0.1) is 0 Å². The summed E-state index contributed by atoms with van der Waals surface area (Å²) in [6.45, 7) is -0.0878. The Morgan fingerprint density at radius 3 is 2.46 bits per heavy atom. The minimum atomic E-state index is -1.25. The van der Waals surface area contributed by atoms with Gasteiger partial charge in [0, 0.05) is 0 Å². The lowest BCUT2D eigenvalue weighted by Crippen LogP contribution is -2.45. The van der Waals surface area contributed by atoms with Gasteiger partial charge in [-0.3, -0.25) is 0 Å². The van der Waals surface area contributed by atoms with Crippen molar-refractivity contribution in [1.82, 2.24) is 5.32 Å². The van der Waals surface area contributed by atoms with E-state index in [9.17, 15) is 9.90 Å². The summed E-state index contributed by atoms with van der Waals surface area (Å²) in [7, 11) is 0. The minimum Gasteiger partial charge on any atom is -0.489 e. The third kappa shape index (κ3) is 5.57. The topological polar surface area (TPSA) is 99.0 Å². The fourth-order valence-electron chi connectivity index (χ4n) is 2.33. The zero-order chi connectivity index (χ0) is 17.4. The molecule has 128 valence electrons. The van der Waals surface area contributed by atoms with Crippen molar-refractivity contribution in [3.63, 3.8) is 0 Å². The van der Waals surface area contributed by atoms with Crippen LogP contribution >= 0.6 is 0 Å². The first-order chi connectivity index (χ1) is 11.6. The molecule has 2 atom stereocenters. The van der Waals surface area contributed by atoms with Gasteiger partial charge in [0.25, 0.3) is 0 Å². The van der Waals surface area contributed by atoms with Crippen LogP contribution in [0.1, 0.15) is 11.1 Å². The van der Waals surface area contributed by atoms with Crippen LogP contribution in [0.4, 0.5) is 4.79 Å². The molecule has 0 saturated carbocycles. The second kappa shape index (κ2) is 8.90. The van der Waals surface area contributed by atoms with Gasteiger partial charge in [0.2, 0.25) is 0 Å². The molecule has 0 aliphatic rings. The fourth-order valence-corrected chi connectivity index (χ4v) is 2.33. The predicted octanol–water partition coefficient (Wildman–Crippen LogP) is 1.80. The number of nitrogens with one attached hydrogen (secondary N) is 1. The quantitative estimate of drug-likeness (QED) is 0.591. The van der Waals surface area contributed by atoms with Crippen LogP contribution in [0.15, 0.2) is 54.6 Å². The van der Waals surface area contributed by atoms with Crippen molar-refractivity contribution in [2.45, 2.75) is 25.2 Å². The average molecular weight is 331 g/mol. The Hall–Kier alpha value is -2.57. The Balaban J connectivity index is 2.01. The van der Waals surface area contributed by atoms with Gasteiger partial charge in [0.1, 0.15) is 12.4 Å². The Labute approximate surface area is 140 Å². The number of hydrogen-bond acceptors (Lipinski definition) is 4. The number of aliphatic hydroxyl groups excluding tert-OH is 2. The van der Waals surface area contributed by atoms with Crippen LogP contribution in [0.3, 0.4) is 0 Å². The van der Waals surface area contributed by atoms with Crippen molar-refractivity contribution in [1.29, 1.82) is 0 Å². The third-order valence-electron chi connectivity index (χ3n) is 3.56. The summed E-state index contributed by atoms with van der Waals surface area (Å²) in [6.07, 6.45) is -2.17. The van der Waals surface area contributed by atoms with Crippen molar-refractivity contribution in [3.05, 3.63) is 65.7 Å². The van der Waals surface area contributed by atoms with E-state index >= 15 is 0 Å². The van der Waals surface area contributed by atoms with Crippen LogP contribution in [-0.4, -0.2) is 40.2 Å². The van der Waals surface area contributed by atoms with Crippen LogP contribution in [-0.2, 0) is 13.0 Å². The minimum absolute atomic E-state index is 0.247. The molecule has 0 heterocycles. The molecule has 24 heavy (non-hydrogen) atoms. The lowest BCUT2D eigenvalue weighted by atomic mass is 10.0. The SMILES string of the molecule is O=C(O)NC(Cc1cccc(OCc2ccccc2)c1)C(O)CO. The molecule has 0 aromatic heterocycles. The molecule has 0 fully saturated rings. The van der Waals surface area contributed by atoms with Crippen LogP contribution in [0.25, 0.3) is 0 Å². The van der Waals surface area contributed by atoms with E-state index in [-0.39, 0.29) is 6.42 Å². The van der Waals surface area contributed by atoms with Crippen LogP contribution < -0.4 is 10.1 Å². The first-order valence-corrected chi connectivity index (χ1v) is 7.62. The molecule has 4 N–H and O–H groups in total. The van der Waals surface area contributed by atoms with Crippen molar-refractivity contribution >= 4 is 6.09 Å². The van der Waals surface area contributed by atoms with Gasteiger partial charge in [-0.2, -0.15) is 0 Å². The number of carboxylic acid groups (broad SMARTS) is 1. The monoisotopic (exact) mass is 331 g/mol. The van der Waals surface area contributed by atoms with E-state index in [4.69, 9.17) is 14.9 Å². The summed E-state index contributed by atoms with van der Waals surface area (Å²) in [5, 5.41) is 29.9. The predicted molar refractivity (Wildman–Crippen MR) is 89.0 cm³/mol. The maximum Gasteiger partial charge on any atom is 0.404 e. The average Bonchev–Trinajstić information content (AvgIpc) is 2.59. The smallest absolute Gasteiger partial charge is 0.404 e. The third-order valence-corrected chi connectivity index (χ3v) is 3.56. The van der Waals surface area contributed by atoms with E-state index in [0.717, 1.165) is 11.1 Å². The zero-order valence-corrected chi connectivity index (χ0v) is 13.1. The van der Waals surface area contributed by atoms with Crippen molar-refractivity contribution < 1.29 is 24.9 Å². The molecular weight excluding hydrogens is 310 g/mol. The molecule has 0 spiro atoms. The van der Waals surface area contributed by atoms with E-state index in [1.807, 2.05) is 42.5 Å². The number of aliphatic hydroxyl groups is 2. The largest absolute Gasteiger partial charge is 0.489 e. The number of carbonyl (C=O) groups is 1. The zero-order valence-electron chi connectivity index (χ0n) is 13.1. The summed E-state index contributed by atoms with van der Waals surface area (Å²) >= 11 is 0. The highest BCUT2D eigenvalue weighted by atomic mass is 16.5. The van der Waals surface area contributed by atoms with Crippen LogP contribution in [0.2, 0.25) is 0 Å². The van der Waals surface area contributed by atoms with Gasteiger partial charge in [-0.25, -0.2) is 4.79 Å². The fraction of sp³-hybridized carbons (Fsp3) is 0.278. The maximum absolute atomic E-state index is 10.8. The molecule has 2 rings (SSSR count). The highest BCUT2D eigenvalue weighted by molar-refractivity contribution is 5.65. The summed E-state index contributed by atoms with van der Waals surface area (Å²) < 4.78 is 5.73. The first kappa shape index (κ1) is 17.8. The normalized spacial score (nSPS) is 13.1. The molecule has 0 aliphatic heterocycles. The molecule has 0 bridgehead atoms. The molecule has 6 nitrogen and oxygen atoms in total. The lowest BCUT2D eigenvalue weighted by molar-refractivity contribution is 0.0622. The summed E-state index contributed by atoms with van der Waals surface area (Å²) in [5.41, 5.74) is 1.84. The summed E-state index contributed by atoms with van der Waals surface area (Å²) in [6, 6.07) is 16.2. The number of benzene rings is 2. The van der Waals surface area contributed by atoms with Crippen molar-refractivity contribution in [2.75, 3.05) is 6.61 Å². The van der Waals surface area contributed by atoms with E-state index in [2.05, 4.69) is 5.32 Å². The van der Waals surface area contributed by atoms with Gasteiger partial charge >= 0.3 is 6.09 Å². The Morgan fingerprint density at radius 1 is 1.08 bits per heavy atom. The van der Waals surface area contributed by atoms with E-state index in [0.29, 0.717) is 12.4 Å². The molecule has 6 heteroatoms. The number of hydrogen-bond donors (Lipinski definition) is 4. The van der Waals surface area contributed by atoms with E-state index in [1.165, 1.54) is 0 Å². The molecule has 0 saturated heterocycles. The van der Waals surface area contributed by atoms with Gasteiger partial charge in [0.05, 0.1) is 18.8 Å². The van der Waals surface area contributed by atoms with Gasteiger partial charge in [0.15, 0.2) is 0 Å². The molecule has 1 amide bonds. The molecule has 0 radical (unpaired) electrons. The lowest BCUT2D eigenvalue weighted by Gasteiger charge is -2.21. The Kier molecular flexibility index (Phi) is 6.60. The number of ether oxygens (including phenoxy) is 1. The highest BCUT2D eigenvalue weighted by Gasteiger charge is 2.21. The van der Waals surface area contributed by atoms with Gasteiger partial charge in [-0.15, -0.1) is 0 Å². The maximum atomic E-state index is 10.8. The van der Waals surface area contributed by atoms with Crippen LogP contribution in [0.5, 0.6) is 5.75 Å². The molecular formula is C18H21NO5. The molecule has 0 aliphatic carbocycles. The first-order valence-electron chi connectivity index (χ1n) is 7.62. The van der Waals surface area contributed by atoms with Gasteiger partial charge < -0.3 is 25.4 Å². The number of amides is 1. The highest BCUT2D eigenvalue weighted by Crippen LogP contribution is 2.17.